The number of aliphatic carboxylic acids is 1. The molecule has 0 aromatic rings. The summed E-state index contributed by atoms with van der Waals surface area (Å²) in [4.78, 5) is 27.2. The molecule has 0 radical (unpaired) electrons. The summed E-state index contributed by atoms with van der Waals surface area (Å²) >= 11 is 0. The van der Waals surface area contributed by atoms with Crippen molar-refractivity contribution in [1.82, 2.24) is 9.80 Å². The van der Waals surface area contributed by atoms with Gasteiger partial charge >= 0.3 is 12.0 Å². The summed E-state index contributed by atoms with van der Waals surface area (Å²) in [7, 11) is 0. The van der Waals surface area contributed by atoms with E-state index in [2.05, 4.69) is 0 Å². The number of carboxylic acids is 1. The van der Waals surface area contributed by atoms with Crippen molar-refractivity contribution in [2.24, 2.45) is 11.8 Å². The Labute approximate surface area is 120 Å². The lowest BCUT2D eigenvalue weighted by atomic mass is 9.85. The van der Waals surface area contributed by atoms with Crippen molar-refractivity contribution in [2.75, 3.05) is 26.2 Å². The predicted molar refractivity (Wildman–Crippen MR) is 76.5 cm³/mol. The Kier molecular flexibility index (Phi) is 5.26. The van der Waals surface area contributed by atoms with Crippen LogP contribution in [0.2, 0.25) is 0 Å². The standard InChI is InChI=1S/C15H26N2O3/c1-2-16(10-12-5-3-6-12)15(20)17-8-4-7-13(11-17)9-14(18)19/h12-13H,2-11H2,1H3,(H,18,19). The summed E-state index contributed by atoms with van der Waals surface area (Å²) in [5.41, 5.74) is 0. The van der Waals surface area contributed by atoms with E-state index in [9.17, 15) is 9.59 Å². The van der Waals surface area contributed by atoms with Crippen LogP contribution in [0.15, 0.2) is 0 Å². The van der Waals surface area contributed by atoms with Crippen molar-refractivity contribution in [1.29, 1.82) is 0 Å². The van der Waals surface area contributed by atoms with Gasteiger partial charge < -0.3 is 14.9 Å². The Morgan fingerprint density at radius 3 is 2.45 bits per heavy atom. The van der Waals surface area contributed by atoms with Crippen LogP contribution in [0.3, 0.4) is 0 Å². The number of amides is 2. The van der Waals surface area contributed by atoms with E-state index < -0.39 is 5.97 Å². The third kappa shape index (κ3) is 3.87. The SMILES string of the molecule is CCN(CC1CCC1)C(=O)N1CCCC(CC(=O)O)C1. The molecule has 20 heavy (non-hydrogen) atoms. The van der Waals surface area contributed by atoms with Crippen LogP contribution in [-0.2, 0) is 4.79 Å². The van der Waals surface area contributed by atoms with Crippen molar-refractivity contribution in [2.45, 2.75) is 45.4 Å². The second-order valence-electron chi connectivity index (χ2n) is 6.17. The number of carbonyl (C=O) groups is 2. The molecule has 1 unspecified atom stereocenters. The number of urea groups is 1. The average Bonchev–Trinajstić information content (AvgIpc) is 2.36. The molecule has 2 aliphatic rings. The first-order valence-electron chi connectivity index (χ1n) is 7.85. The first-order chi connectivity index (χ1) is 9.60. The zero-order chi connectivity index (χ0) is 14.5. The summed E-state index contributed by atoms with van der Waals surface area (Å²) < 4.78 is 0. The monoisotopic (exact) mass is 282 g/mol. The van der Waals surface area contributed by atoms with Gasteiger partial charge in [0.1, 0.15) is 0 Å². The van der Waals surface area contributed by atoms with E-state index in [0.29, 0.717) is 12.5 Å². The normalized spacial score (nSPS) is 23.2. The van der Waals surface area contributed by atoms with E-state index in [1.807, 2.05) is 16.7 Å². The molecular weight excluding hydrogens is 256 g/mol. The van der Waals surface area contributed by atoms with Gasteiger partial charge in [-0.05, 0) is 44.4 Å². The number of hydrogen-bond donors (Lipinski definition) is 1. The van der Waals surface area contributed by atoms with Crippen LogP contribution in [0, 0.1) is 11.8 Å². The minimum Gasteiger partial charge on any atom is -0.481 e. The minimum absolute atomic E-state index is 0.106. The molecule has 0 aromatic heterocycles. The summed E-state index contributed by atoms with van der Waals surface area (Å²) in [6, 6.07) is 0.106. The highest BCUT2D eigenvalue weighted by Crippen LogP contribution is 2.28. The van der Waals surface area contributed by atoms with E-state index in [4.69, 9.17) is 5.11 Å². The second-order valence-corrected chi connectivity index (χ2v) is 6.17. The summed E-state index contributed by atoms with van der Waals surface area (Å²) in [6.07, 6.45) is 5.80. The number of carbonyl (C=O) groups excluding carboxylic acids is 1. The molecule has 1 saturated heterocycles. The molecule has 2 rings (SSSR count). The van der Waals surface area contributed by atoms with Gasteiger partial charge in [-0.2, -0.15) is 0 Å². The molecule has 1 heterocycles. The third-order valence-corrected chi connectivity index (χ3v) is 4.61. The highest BCUT2D eigenvalue weighted by atomic mass is 16.4. The Morgan fingerprint density at radius 2 is 1.90 bits per heavy atom. The number of hydrogen-bond acceptors (Lipinski definition) is 2. The first kappa shape index (κ1) is 15.1. The number of nitrogens with zero attached hydrogens (tertiary/aromatic N) is 2. The van der Waals surface area contributed by atoms with Gasteiger partial charge in [0, 0.05) is 32.6 Å². The zero-order valence-corrected chi connectivity index (χ0v) is 12.4. The quantitative estimate of drug-likeness (QED) is 0.842. The fourth-order valence-electron chi connectivity index (χ4n) is 3.18. The Morgan fingerprint density at radius 1 is 1.20 bits per heavy atom. The molecule has 0 bridgehead atoms. The maximum absolute atomic E-state index is 12.5. The van der Waals surface area contributed by atoms with Crippen molar-refractivity contribution in [3.63, 3.8) is 0 Å². The first-order valence-corrected chi connectivity index (χ1v) is 7.85. The molecule has 114 valence electrons. The van der Waals surface area contributed by atoms with E-state index in [1.54, 1.807) is 0 Å². The van der Waals surface area contributed by atoms with E-state index in [-0.39, 0.29) is 18.4 Å². The largest absolute Gasteiger partial charge is 0.481 e. The van der Waals surface area contributed by atoms with E-state index in [1.165, 1.54) is 19.3 Å². The van der Waals surface area contributed by atoms with Crippen LogP contribution in [0.4, 0.5) is 4.79 Å². The molecule has 1 atom stereocenters. The Balaban J connectivity index is 1.87. The molecule has 2 fully saturated rings. The van der Waals surface area contributed by atoms with Crippen molar-refractivity contribution < 1.29 is 14.7 Å². The minimum atomic E-state index is -0.758. The second kappa shape index (κ2) is 6.95. The van der Waals surface area contributed by atoms with Crippen LogP contribution in [0.5, 0.6) is 0 Å². The van der Waals surface area contributed by atoms with Crippen LogP contribution >= 0.6 is 0 Å². The summed E-state index contributed by atoms with van der Waals surface area (Å²) in [6.45, 7) is 5.02. The number of rotatable bonds is 5. The maximum atomic E-state index is 12.5. The number of likely N-dealkylation sites (tertiary alicyclic amines) is 1. The highest BCUT2D eigenvalue weighted by molar-refractivity contribution is 5.74. The Bertz CT molecular complexity index is 355. The molecular formula is C15H26N2O3. The molecule has 0 spiro atoms. The van der Waals surface area contributed by atoms with Crippen LogP contribution in [0.1, 0.15) is 45.4 Å². The predicted octanol–water partition coefficient (Wildman–Crippen LogP) is 2.42. The zero-order valence-electron chi connectivity index (χ0n) is 12.4. The lowest BCUT2D eigenvalue weighted by Crippen LogP contribution is -2.49. The van der Waals surface area contributed by atoms with Crippen molar-refractivity contribution >= 4 is 12.0 Å². The number of piperidine rings is 1. The smallest absolute Gasteiger partial charge is 0.320 e. The molecule has 1 aliphatic carbocycles. The van der Waals surface area contributed by atoms with Crippen molar-refractivity contribution in [3.8, 4) is 0 Å². The highest BCUT2D eigenvalue weighted by Gasteiger charge is 2.29. The average molecular weight is 282 g/mol. The molecule has 5 heteroatoms. The van der Waals surface area contributed by atoms with Crippen LogP contribution in [-0.4, -0.2) is 53.1 Å². The van der Waals surface area contributed by atoms with Gasteiger partial charge in [-0.1, -0.05) is 6.42 Å². The van der Waals surface area contributed by atoms with Crippen molar-refractivity contribution in [3.05, 3.63) is 0 Å². The fraction of sp³-hybridized carbons (Fsp3) is 0.867. The third-order valence-electron chi connectivity index (χ3n) is 4.61. The van der Waals surface area contributed by atoms with E-state index in [0.717, 1.165) is 32.5 Å². The maximum Gasteiger partial charge on any atom is 0.320 e. The molecule has 1 aliphatic heterocycles. The van der Waals surface area contributed by atoms with Gasteiger partial charge in [0.15, 0.2) is 0 Å². The van der Waals surface area contributed by atoms with Gasteiger partial charge in [-0.25, -0.2) is 4.79 Å². The van der Waals surface area contributed by atoms with Gasteiger partial charge in [-0.15, -0.1) is 0 Å². The lowest BCUT2D eigenvalue weighted by Gasteiger charge is -2.38. The molecule has 5 nitrogen and oxygen atoms in total. The molecule has 1 N–H and O–H groups in total. The number of carboxylic acid groups (broad SMARTS) is 1. The van der Waals surface area contributed by atoms with Gasteiger partial charge in [0.05, 0.1) is 0 Å². The Hall–Kier alpha value is -1.26. The molecule has 2 amide bonds. The van der Waals surface area contributed by atoms with Gasteiger partial charge in [0.25, 0.3) is 0 Å². The topological polar surface area (TPSA) is 60.9 Å². The summed E-state index contributed by atoms with van der Waals surface area (Å²) in [5, 5.41) is 8.89. The van der Waals surface area contributed by atoms with Gasteiger partial charge in [0.2, 0.25) is 0 Å². The van der Waals surface area contributed by atoms with Crippen LogP contribution < -0.4 is 0 Å². The van der Waals surface area contributed by atoms with E-state index >= 15 is 0 Å². The molecule has 1 saturated carbocycles. The van der Waals surface area contributed by atoms with Gasteiger partial charge in [-0.3, -0.25) is 4.79 Å². The lowest BCUT2D eigenvalue weighted by molar-refractivity contribution is -0.138. The summed E-state index contributed by atoms with van der Waals surface area (Å²) in [5.74, 6) is 0.0391. The fourth-order valence-corrected chi connectivity index (χ4v) is 3.18. The molecule has 0 aromatic carbocycles. The van der Waals surface area contributed by atoms with Crippen LogP contribution in [0.25, 0.3) is 0 Å².